The van der Waals surface area contributed by atoms with Crippen molar-refractivity contribution in [3.8, 4) is 5.75 Å². The molecule has 4 rings (SSSR count). The Labute approximate surface area is 161 Å². The van der Waals surface area contributed by atoms with Gasteiger partial charge in [0, 0.05) is 12.4 Å². The van der Waals surface area contributed by atoms with Gasteiger partial charge in [0.25, 0.3) is 5.91 Å². The number of phenolic OH excluding ortho intramolecular Hbond substituents is 1. The summed E-state index contributed by atoms with van der Waals surface area (Å²) in [6.45, 7) is 2.45. The molecule has 7 heteroatoms. The molecule has 1 unspecified atom stereocenters. The molecular formula is C21H19N5O2. The van der Waals surface area contributed by atoms with E-state index in [4.69, 9.17) is 0 Å². The fraction of sp³-hybridized carbons (Fsp3) is 0.143. The molecule has 0 bridgehead atoms. The lowest BCUT2D eigenvalue weighted by molar-refractivity contribution is 0.0939. The van der Waals surface area contributed by atoms with Gasteiger partial charge in [-0.15, -0.1) is 0 Å². The number of pyridine rings is 2. The molecule has 2 N–H and O–H groups in total. The van der Waals surface area contributed by atoms with Gasteiger partial charge in [-0.25, -0.2) is 9.97 Å². The van der Waals surface area contributed by atoms with Crippen LogP contribution in [0.4, 0.5) is 0 Å². The summed E-state index contributed by atoms with van der Waals surface area (Å²) < 4.78 is 1.90. The van der Waals surface area contributed by atoms with Crippen molar-refractivity contribution < 1.29 is 9.90 Å². The standard InChI is InChI=1S/C21H19N5O2/c1-14(15-5-7-18(27)8-6-15)25-21(28)16-10-19-20(23-11-16)26(13-24-19)12-17-4-2-3-9-22-17/h2-11,13-14,27H,12H2,1H3,(H,25,28). The highest BCUT2D eigenvalue weighted by molar-refractivity contribution is 5.96. The van der Waals surface area contributed by atoms with E-state index < -0.39 is 0 Å². The first kappa shape index (κ1) is 17.7. The zero-order valence-corrected chi connectivity index (χ0v) is 15.3. The molecule has 4 aromatic rings. The lowest BCUT2D eigenvalue weighted by atomic mass is 10.1. The molecule has 3 heterocycles. The van der Waals surface area contributed by atoms with Gasteiger partial charge in [0.1, 0.15) is 11.3 Å². The summed E-state index contributed by atoms with van der Waals surface area (Å²) in [5, 5.41) is 12.3. The van der Waals surface area contributed by atoms with E-state index in [2.05, 4.69) is 20.3 Å². The molecule has 0 fully saturated rings. The number of fused-ring (bicyclic) bond motifs is 1. The van der Waals surface area contributed by atoms with E-state index in [1.54, 1.807) is 49.1 Å². The second-order valence-electron chi connectivity index (χ2n) is 6.55. The van der Waals surface area contributed by atoms with Gasteiger partial charge >= 0.3 is 0 Å². The molecule has 0 aliphatic carbocycles. The first-order chi connectivity index (χ1) is 13.6. The van der Waals surface area contributed by atoms with Gasteiger partial charge < -0.3 is 15.0 Å². The van der Waals surface area contributed by atoms with Crippen molar-refractivity contribution in [1.29, 1.82) is 0 Å². The molecule has 1 aromatic carbocycles. The van der Waals surface area contributed by atoms with Crippen LogP contribution in [0, 0.1) is 0 Å². The molecule has 0 radical (unpaired) electrons. The minimum atomic E-state index is -0.228. The van der Waals surface area contributed by atoms with Gasteiger partial charge in [-0.2, -0.15) is 0 Å². The summed E-state index contributed by atoms with van der Waals surface area (Å²) >= 11 is 0. The summed E-state index contributed by atoms with van der Waals surface area (Å²) in [5.41, 5.74) is 3.61. The Balaban J connectivity index is 1.51. The van der Waals surface area contributed by atoms with Crippen LogP contribution >= 0.6 is 0 Å². The number of aromatic hydroxyl groups is 1. The van der Waals surface area contributed by atoms with Crippen molar-refractivity contribution in [3.63, 3.8) is 0 Å². The quantitative estimate of drug-likeness (QED) is 0.561. The highest BCUT2D eigenvalue weighted by Gasteiger charge is 2.14. The number of benzene rings is 1. The van der Waals surface area contributed by atoms with Crippen molar-refractivity contribution in [2.45, 2.75) is 19.5 Å². The summed E-state index contributed by atoms with van der Waals surface area (Å²) in [7, 11) is 0. The lowest BCUT2D eigenvalue weighted by Gasteiger charge is -2.14. The van der Waals surface area contributed by atoms with Crippen LogP contribution < -0.4 is 5.32 Å². The second-order valence-corrected chi connectivity index (χ2v) is 6.55. The number of carbonyl (C=O) groups excluding carboxylic acids is 1. The summed E-state index contributed by atoms with van der Waals surface area (Å²) in [6, 6.07) is 14.0. The smallest absolute Gasteiger partial charge is 0.253 e. The van der Waals surface area contributed by atoms with E-state index in [9.17, 15) is 9.90 Å². The number of hydrogen-bond donors (Lipinski definition) is 2. The maximum atomic E-state index is 12.6. The van der Waals surface area contributed by atoms with Gasteiger partial charge in [-0.05, 0) is 42.8 Å². The van der Waals surface area contributed by atoms with Crippen LogP contribution in [0.1, 0.15) is 34.6 Å². The van der Waals surface area contributed by atoms with Gasteiger partial charge in [0.15, 0.2) is 5.65 Å². The number of nitrogens with one attached hydrogen (secondary N) is 1. The molecule has 1 amide bonds. The molecule has 0 saturated carbocycles. The first-order valence-electron chi connectivity index (χ1n) is 8.91. The number of aromatic nitrogens is 4. The first-order valence-corrected chi connectivity index (χ1v) is 8.91. The van der Waals surface area contributed by atoms with Crippen LogP contribution in [-0.4, -0.2) is 30.5 Å². The van der Waals surface area contributed by atoms with Gasteiger partial charge in [0.05, 0.1) is 30.2 Å². The van der Waals surface area contributed by atoms with Crippen molar-refractivity contribution in [3.05, 3.63) is 84.1 Å². The van der Waals surface area contributed by atoms with Crippen LogP contribution in [0.5, 0.6) is 5.75 Å². The van der Waals surface area contributed by atoms with Crippen molar-refractivity contribution >= 4 is 17.1 Å². The van der Waals surface area contributed by atoms with Crippen LogP contribution in [0.2, 0.25) is 0 Å². The third-order valence-corrected chi connectivity index (χ3v) is 4.52. The fourth-order valence-corrected chi connectivity index (χ4v) is 2.98. The van der Waals surface area contributed by atoms with Crippen LogP contribution in [0.15, 0.2) is 67.3 Å². The topological polar surface area (TPSA) is 92.9 Å². The highest BCUT2D eigenvalue weighted by atomic mass is 16.3. The van der Waals surface area contributed by atoms with Crippen molar-refractivity contribution in [1.82, 2.24) is 24.8 Å². The van der Waals surface area contributed by atoms with Gasteiger partial charge in [-0.1, -0.05) is 18.2 Å². The maximum absolute atomic E-state index is 12.6. The van der Waals surface area contributed by atoms with E-state index in [0.717, 1.165) is 11.3 Å². The van der Waals surface area contributed by atoms with E-state index >= 15 is 0 Å². The summed E-state index contributed by atoms with van der Waals surface area (Å²) in [5.74, 6) is -0.0348. The number of nitrogens with zero attached hydrogens (tertiary/aromatic N) is 4. The molecule has 0 aliphatic heterocycles. The Morgan fingerprint density at radius 3 is 2.71 bits per heavy atom. The average Bonchev–Trinajstić information content (AvgIpc) is 3.11. The Morgan fingerprint density at radius 2 is 1.96 bits per heavy atom. The fourth-order valence-electron chi connectivity index (χ4n) is 2.98. The molecule has 3 aromatic heterocycles. The zero-order valence-electron chi connectivity index (χ0n) is 15.3. The summed E-state index contributed by atoms with van der Waals surface area (Å²) in [6.07, 6.45) is 5.00. The van der Waals surface area contributed by atoms with Crippen molar-refractivity contribution in [2.75, 3.05) is 0 Å². The number of phenols is 1. The number of rotatable bonds is 5. The third kappa shape index (κ3) is 3.68. The normalized spacial score (nSPS) is 12.0. The van der Waals surface area contributed by atoms with E-state index in [1.807, 2.05) is 29.7 Å². The van der Waals surface area contributed by atoms with Crippen molar-refractivity contribution in [2.24, 2.45) is 0 Å². The maximum Gasteiger partial charge on any atom is 0.253 e. The number of amides is 1. The Morgan fingerprint density at radius 1 is 1.14 bits per heavy atom. The van der Waals surface area contributed by atoms with Gasteiger partial charge in [-0.3, -0.25) is 9.78 Å². The highest BCUT2D eigenvalue weighted by Crippen LogP contribution is 2.18. The predicted molar refractivity (Wildman–Crippen MR) is 105 cm³/mol. The van der Waals surface area contributed by atoms with Gasteiger partial charge in [0.2, 0.25) is 0 Å². The Hall–Kier alpha value is -3.74. The molecule has 140 valence electrons. The number of carbonyl (C=O) groups is 1. The average molecular weight is 373 g/mol. The van der Waals surface area contributed by atoms with Crippen LogP contribution in [-0.2, 0) is 6.54 Å². The molecule has 1 atom stereocenters. The van der Waals surface area contributed by atoms with E-state index in [0.29, 0.717) is 23.3 Å². The minimum absolute atomic E-state index is 0.193. The molecule has 7 nitrogen and oxygen atoms in total. The third-order valence-electron chi connectivity index (χ3n) is 4.52. The second kappa shape index (κ2) is 7.48. The monoisotopic (exact) mass is 373 g/mol. The Kier molecular flexibility index (Phi) is 4.72. The number of hydrogen-bond acceptors (Lipinski definition) is 5. The molecule has 0 saturated heterocycles. The van der Waals surface area contributed by atoms with E-state index in [-0.39, 0.29) is 17.7 Å². The lowest BCUT2D eigenvalue weighted by Crippen LogP contribution is -2.26. The van der Waals surface area contributed by atoms with Crippen LogP contribution in [0.25, 0.3) is 11.2 Å². The molecule has 28 heavy (non-hydrogen) atoms. The van der Waals surface area contributed by atoms with Crippen LogP contribution in [0.3, 0.4) is 0 Å². The molecule has 0 aliphatic rings. The zero-order chi connectivity index (χ0) is 19.5. The predicted octanol–water partition coefficient (Wildman–Crippen LogP) is 3.07. The SMILES string of the molecule is CC(NC(=O)c1cnc2c(c1)ncn2Cc1ccccn1)c1ccc(O)cc1. The minimum Gasteiger partial charge on any atom is -0.508 e. The molecule has 0 spiro atoms. The van der Waals surface area contributed by atoms with E-state index in [1.165, 1.54) is 0 Å². The summed E-state index contributed by atoms with van der Waals surface area (Å²) in [4.78, 5) is 25.7. The largest absolute Gasteiger partial charge is 0.508 e. The number of imidazole rings is 1. The Bertz CT molecular complexity index is 1110. The molecular weight excluding hydrogens is 354 g/mol.